The smallest absolute Gasteiger partial charge is 0.161 e. The van der Waals surface area contributed by atoms with Gasteiger partial charge in [0.05, 0.1) is 32.5 Å². The third-order valence-electron chi connectivity index (χ3n) is 6.49. The lowest BCUT2D eigenvalue weighted by molar-refractivity contribution is 0.0193. The largest absolute Gasteiger partial charge is 0.493 e. The van der Waals surface area contributed by atoms with E-state index in [0.29, 0.717) is 44.3 Å². The normalized spacial score (nSPS) is 16.6. The first kappa shape index (κ1) is 29.0. The Labute approximate surface area is 223 Å². The van der Waals surface area contributed by atoms with Crippen LogP contribution in [0.15, 0.2) is 30.3 Å². The highest BCUT2D eigenvalue weighted by Gasteiger charge is 2.33. The molecule has 1 aliphatic rings. The molecule has 0 spiro atoms. The molecule has 0 bridgehead atoms. The van der Waals surface area contributed by atoms with Gasteiger partial charge in [-0.3, -0.25) is 0 Å². The van der Waals surface area contributed by atoms with E-state index in [1.54, 1.807) is 0 Å². The van der Waals surface area contributed by atoms with Crippen molar-refractivity contribution in [1.29, 1.82) is 0 Å². The SMILES string of the molecule is CCCCOc1cc(OCCCC)c2c(c1)OC(c1ccc(OCCCC)c(OCCCC)c1)C(O)C2. The van der Waals surface area contributed by atoms with Gasteiger partial charge in [-0.1, -0.05) is 59.4 Å². The Morgan fingerprint density at radius 1 is 0.703 bits per heavy atom. The minimum Gasteiger partial charge on any atom is -0.493 e. The number of benzene rings is 2. The lowest BCUT2D eigenvalue weighted by atomic mass is 9.93. The number of ether oxygens (including phenoxy) is 5. The maximum Gasteiger partial charge on any atom is 0.161 e. The zero-order valence-electron chi connectivity index (χ0n) is 23.2. The highest BCUT2D eigenvalue weighted by Crippen LogP contribution is 2.44. The predicted octanol–water partition coefficient (Wildman–Crippen LogP) is 7.44. The zero-order valence-corrected chi connectivity index (χ0v) is 23.2. The highest BCUT2D eigenvalue weighted by atomic mass is 16.5. The van der Waals surface area contributed by atoms with Crippen molar-refractivity contribution in [2.24, 2.45) is 0 Å². The van der Waals surface area contributed by atoms with Crippen molar-refractivity contribution in [3.05, 3.63) is 41.5 Å². The molecule has 1 heterocycles. The van der Waals surface area contributed by atoms with Crippen LogP contribution in [0.5, 0.6) is 28.7 Å². The third kappa shape index (κ3) is 8.46. The fourth-order valence-corrected chi connectivity index (χ4v) is 4.18. The molecule has 37 heavy (non-hydrogen) atoms. The van der Waals surface area contributed by atoms with Gasteiger partial charge >= 0.3 is 0 Å². The number of aliphatic hydroxyl groups excluding tert-OH is 1. The summed E-state index contributed by atoms with van der Waals surface area (Å²) >= 11 is 0. The van der Waals surface area contributed by atoms with E-state index < -0.39 is 12.2 Å². The summed E-state index contributed by atoms with van der Waals surface area (Å²) in [4.78, 5) is 0. The van der Waals surface area contributed by atoms with Crippen molar-refractivity contribution >= 4 is 0 Å². The zero-order chi connectivity index (χ0) is 26.5. The van der Waals surface area contributed by atoms with Gasteiger partial charge in [0.2, 0.25) is 0 Å². The summed E-state index contributed by atoms with van der Waals surface area (Å²) in [5, 5.41) is 11.2. The van der Waals surface area contributed by atoms with Gasteiger partial charge in [-0.25, -0.2) is 0 Å². The van der Waals surface area contributed by atoms with E-state index in [2.05, 4.69) is 27.7 Å². The van der Waals surface area contributed by atoms with Gasteiger partial charge in [0.25, 0.3) is 0 Å². The molecule has 0 saturated carbocycles. The second kappa shape index (κ2) is 15.6. The molecule has 0 radical (unpaired) electrons. The standard InChI is InChI=1S/C31H46O6/c1-5-9-15-33-24-20-28(35-17-11-7-3)25-22-26(32)31(37-29(25)21-24)23-13-14-27(34-16-10-6-2)30(19-23)36-18-12-8-4/h13-14,19-21,26,31-32H,5-12,15-18,22H2,1-4H3. The maximum absolute atomic E-state index is 11.2. The first-order valence-electron chi connectivity index (χ1n) is 14.3. The summed E-state index contributed by atoms with van der Waals surface area (Å²) in [6.45, 7) is 11.1. The van der Waals surface area contributed by atoms with Crippen molar-refractivity contribution in [2.45, 2.75) is 97.7 Å². The van der Waals surface area contributed by atoms with Crippen molar-refractivity contribution in [2.75, 3.05) is 26.4 Å². The van der Waals surface area contributed by atoms with Gasteiger partial charge in [0.15, 0.2) is 11.5 Å². The van der Waals surface area contributed by atoms with Crippen molar-refractivity contribution < 1.29 is 28.8 Å². The Kier molecular flexibility index (Phi) is 12.2. The topological polar surface area (TPSA) is 66.4 Å². The average molecular weight is 515 g/mol. The average Bonchev–Trinajstić information content (AvgIpc) is 2.90. The quantitative estimate of drug-likeness (QED) is 0.221. The van der Waals surface area contributed by atoms with Crippen LogP contribution in [0.3, 0.4) is 0 Å². The predicted molar refractivity (Wildman–Crippen MR) is 148 cm³/mol. The summed E-state index contributed by atoms with van der Waals surface area (Å²) in [7, 11) is 0. The van der Waals surface area contributed by atoms with Crippen LogP contribution in [-0.2, 0) is 6.42 Å². The van der Waals surface area contributed by atoms with Crippen molar-refractivity contribution in [1.82, 2.24) is 0 Å². The highest BCUT2D eigenvalue weighted by molar-refractivity contribution is 5.53. The Hall–Kier alpha value is -2.60. The number of rotatable bonds is 17. The van der Waals surface area contributed by atoms with Gasteiger partial charge < -0.3 is 28.8 Å². The summed E-state index contributed by atoms with van der Waals surface area (Å²) in [6, 6.07) is 9.71. The van der Waals surface area contributed by atoms with E-state index in [0.717, 1.165) is 79.7 Å². The minimum atomic E-state index is -0.719. The molecule has 6 nitrogen and oxygen atoms in total. The van der Waals surface area contributed by atoms with Gasteiger partial charge in [0.1, 0.15) is 23.4 Å². The van der Waals surface area contributed by atoms with Crippen LogP contribution in [0.1, 0.15) is 96.3 Å². The second-order valence-electron chi connectivity index (χ2n) is 9.72. The van der Waals surface area contributed by atoms with Crippen molar-refractivity contribution in [3.8, 4) is 28.7 Å². The molecular formula is C31H46O6. The van der Waals surface area contributed by atoms with Gasteiger partial charge in [-0.15, -0.1) is 0 Å². The molecular weight excluding hydrogens is 468 g/mol. The first-order chi connectivity index (χ1) is 18.1. The number of aliphatic hydroxyl groups is 1. The number of unbranched alkanes of at least 4 members (excludes halogenated alkanes) is 4. The van der Waals surface area contributed by atoms with Gasteiger partial charge in [-0.05, 0) is 43.4 Å². The summed E-state index contributed by atoms with van der Waals surface area (Å²) in [6.07, 6.45) is 7.35. The van der Waals surface area contributed by atoms with E-state index in [9.17, 15) is 5.11 Å². The van der Waals surface area contributed by atoms with Crippen LogP contribution >= 0.6 is 0 Å². The van der Waals surface area contributed by atoms with Crippen LogP contribution in [0.4, 0.5) is 0 Å². The number of fused-ring (bicyclic) bond motifs is 1. The molecule has 1 N–H and O–H groups in total. The van der Waals surface area contributed by atoms with E-state index in [4.69, 9.17) is 23.7 Å². The monoisotopic (exact) mass is 514 g/mol. The fraction of sp³-hybridized carbons (Fsp3) is 0.613. The minimum absolute atomic E-state index is 0.442. The molecule has 0 aliphatic carbocycles. The van der Waals surface area contributed by atoms with E-state index in [-0.39, 0.29) is 0 Å². The lowest BCUT2D eigenvalue weighted by Crippen LogP contribution is -2.30. The molecule has 0 amide bonds. The molecule has 2 aromatic rings. The molecule has 0 aromatic heterocycles. The van der Waals surface area contributed by atoms with E-state index in [1.165, 1.54) is 0 Å². The Bertz CT molecular complexity index is 944. The van der Waals surface area contributed by atoms with Crippen LogP contribution in [0, 0.1) is 0 Å². The molecule has 1 aliphatic heterocycles. The van der Waals surface area contributed by atoms with Crippen LogP contribution in [0.2, 0.25) is 0 Å². The molecule has 206 valence electrons. The Morgan fingerprint density at radius 2 is 1.27 bits per heavy atom. The summed E-state index contributed by atoms with van der Waals surface area (Å²) in [5.74, 6) is 3.60. The van der Waals surface area contributed by atoms with E-state index >= 15 is 0 Å². The first-order valence-corrected chi connectivity index (χ1v) is 14.3. The third-order valence-corrected chi connectivity index (χ3v) is 6.49. The molecule has 0 saturated heterocycles. The summed E-state index contributed by atoms with van der Waals surface area (Å²) in [5.41, 5.74) is 1.75. The molecule has 3 rings (SSSR count). The van der Waals surface area contributed by atoms with Gasteiger partial charge in [-0.2, -0.15) is 0 Å². The fourth-order valence-electron chi connectivity index (χ4n) is 4.18. The van der Waals surface area contributed by atoms with E-state index in [1.807, 2.05) is 30.3 Å². The number of hydrogen-bond acceptors (Lipinski definition) is 6. The van der Waals surface area contributed by atoms with Gasteiger partial charge in [0, 0.05) is 24.1 Å². The molecule has 2 unspecified atom stereocenters. The summed E-state index contributed by atoms with van der Waals surface area (Å²) < 4.78 is 30.6. The number of hydrogen-bond donors (Lipinski definition) is 1. The molecule has 2 atom stereocenters. The Morgan fingerprint density at radius 3 is 1.89 bits per heavy atom. The van der Waals surface area contributed by atoms with Crippen LogP contribution in [0.25, 0.3) is 0 Å². The molecule has 2 aromatic carbocycles. The maximum atomic E-state index is 11.2. The molecule has 0 fully saturated rings. The Balaban J connectivity index is 1.87. The van der Waals surface area contributed by atoms with Crippen LogP contribution < -0.4 is 23.7 Å². The van der Waals surface area contributed by atoms with Crippen LogP contribution in [-0.4, -0.2) is 37.6 Å². The van der Waals surface area contributed by atoms with Crippen molar-refractivity contribution in [3.63, 3.8) is 0 Å². The second-order valence-corrected chi connectivity index (χ2v) is 9.72. The lowest BCUT2D eigenvalue weighted by Gasteiger charge is -2.32. The molecule has 6 heteroatoms.